The summed E-state index contributed by atoms with van der Waals surface area (Å²) in [6.45, 7) is 0.184. The van der Waals surface area contributed by atoms with Crippen LogP contribution in [0.15, 0.2) is 99.8 Å². The van der Waals surface area contributed by atoms with Crippen LogP contribution in [-0.2, 0) is 9.59 Å². The van der Waals surface area contributed by atoms with Crippen molar-refractivity contribution in [3.63, 3.8) is 0 Å². The van der Waals surface area contributed by atoms with Crippen molar-refractivity contribution in [2.75, 3.05) is 6.54 Å². The predicted octanol–water partition coefficient (Wildman–Crippen LogP) is 4.67. The van der Waals surface area contributed by atoms with Crippen LogP contribution in [0.25, 0.3) is 34.4 Å². The second kappa shape index (κ2) is 10.5. The Labute approximate surface area is 206 Å². The Kier molecular flexibility index (Phi) is 6.66. The summed E-state index contributed by atoms with van der Waals surface area (Å²) in [5, 5.41) is 5.74. The highest BCUT2D eigenvalue weighted by atomic mass is 16.4. The van der Waals surface area contributed by atoms with E-state index in [1.165, 1.54) is 24.3 Å². The average molecular weight is 479 g/mol. The van der Waals surface area contributed by atoms with E-state index in [0.717, 1.165) is 11.1 Å². The fraction of sp³-hybridized carbons (Fsp3) is 0.0714. The van der Waals surface area contributed by atoms with Gasteiger partial charge in [0, 0.05) is 30.8 Å². The summed E-state index contributed by atoms with van der Waals surface area (Å²) in [6, 6.07) is 23.7. The number of carbonyl (C=O) groups is 2. The van der Waals surface area contributed by atoms with Gasteiger partial charge in [-0.15, -0.1) is 0 Å². The molecule has 2 heterocycles. The maximum atomic E-state index is 12.6. The third-order valence-corrected chi connectivity index (χ3v) is 5.37. The zero-order valence-electron chi connectivity index (χ0n) is 19.1. The van der Waals surface area contributed by atoms with E-state index in [4.69, 9.17) is 8.83 Å². The molecule has 2 aromatic heterocycles. The first kappa shape index (κ1) is 22.8. The maximum absolute atomic E-state index is 12.6. The number of hydrogen-bond acceptors (Lipinski definition) is 6. The lowest BCUT2D eigenvalue weighted by Crippen LogP contribution is -2.36. The number of rotatable bonds is 8. The first-order valence-corrected chi connectivity index (χ1v) is 11.3. The Hall–Kier alpha value is -4.98. The Morgan fingerprint density at radius 2 is 1.25 bits per heavy atom. The van der Waals surface area contributed by atoms with E-state index in [1.807, 2.05) is 78.9 Å². The zero-order valence-corrected chi connectivity index (χ0v) is 19.1. The molecular formula is C28H22N4O4. The fourth-order valence-corrected chi connectivity index (χ4v) is 3.64. The number of hydrogen-bond donors (Lipinski definition) is 2. The predicted molar refractivity (Wildman–Crippen MR) is 136 cm³/mol. The highest BCUT2D eigenvalue weighted by Gasteiger charge is 2.14. The highest BCUT2D eigenvalue weighted by molar-refractivity contribution is 5.93. The molecule has 1 unspecified atom stereocenters. The van der Waals surface area contributed by atoms with Gasteiger partial charge in [-0.05, 0) is 29.8 Å². The minimum absolute atomic E-state index is 0.184. The molecule has 0 aliphatic heterocycles. The lowest BCUT2D eigenvalue weighted by Gasteiger charge is -2.18. The minimum Gasteiger partial charge on any atom is -0.437 e. The summed E-state index contributed by atoms with van der Waals surface area (Å²) in [5.74, 6) is -0.0133. The topological polar surface area (TPSA) is 110 Å². The van der Waals surface area contributed by atoms with Crippen molar-refractivity contribution in [3.05, 3.63) is 108 Å². The summed E-state index contributed by atoms with van der Waals surface area (Å²) >= 11 is 0. The molecule has 0 aliphatic carbocycles. The smallest absolute Gasteiger partial charge is 0.244 e. The number of oxazole rings is 2. The molecule has 0 spiro atoms. The summed E-state index contributed by atoms with van der Waals surface area (Å²) in [7, 11) is 0. The van der Waals surface area contributed by atoms with Crippen molar-refractivity contribution in [1.82, 2.24) is 20.6 Å². The van der Waals surface area contributed by atoms with Crippen LogP contribution < -0.4 is 10.6 Å². The van der Waals surface area contributed by atoms with Crippen molar-refractivity contribution < 1.29 is 18.4 Å². The summed E-state index contributed by atoms with van der Waals surface area (Å²) < 4.78 is 11.2. The van der Waals surface area contributed by atoms with Crippen LogP contribution in [0.3, 0.4) is 0 Å². The van der Waals surface area contributed by atoms with Crippen LogP contribution in [0.5, 0.6) is 0 Å². The first-order chi connectivity index (χ1) is 17.6. The lowest BCUT2D eigenvalue weighted by atomic mass is 10.1. The van der Waals surface area contributed by atoms with Crippen molar-refractivity contribution in [1.29, 1.82) is 0 Å². The van der Waals surface area contributed by atoms with E-state index in [0.29, 0.717) is 28.5 Å². The SMILES string of the molecule is O=C(/C=C/c1nc2ccccc2o1)NCC(NC(=O)/C=C/c1nc2ccccc2o1)c1ccccc1. The fourth-order valence-electron chi connectivity index (χ4n) is 3.64. The number of nitrogens with zero attached hydrogens (tertiary/aromatic N) is 2. The molecule has 2 amide bonds. The molecule has 0 aliphatic rings. The van der Waals surface area contributed by atoms with Gasteiger partial charge in [0.2, 0.25) is 23.6 Å². The molecular weight excluding hydrogens is 456 g/mol. The summed E-state index contributed by atoms with van der Waals surface area (Å²) in [6.07, 6.45) is 5.73. The molecule has 5 aromatic rings. The van der Waals surface area contributed by atoms with E-state index in [2.05, 4.69) is 20.6 Å². The molecule has 1 atom stereocenters. The van der Waals surface area contributed by atoms with E-state index >= 15 is 0 Å². The van der Waals surface area contributed by atoms with Crippen LogP contribution in [0.2, 0.25) is 0 Å². The number of fused-ring (bicyclic) bond motifs is 2. The monoisotopic (exact) mass is 478 g/mol. The Bertz CT molecular complexity index is 1500. The largest absolute Gasteiger partial charge is 0.437 e. The van der Waals surface area contributed by atoms with Gasteiger partial charge in [0.25, 0.3) is 0 Å². The Balaban J connectivity index is 1.22. The van der Waals surface area contributed by atoms with Crippen LogP contribution >= 0.6 is 0 Å². The first-order valence-electron chi connectivity index (χ1n) is 11.3. The number of amides is 2. The lowest BCUT2D eigenvalue weighted by molar-refractivity contribution is -0.119. The van der Waals surface area contributed by atoms with Gasteiger partial charge < -0.3 is 19.5 Å². The highest BCUT2D eigenvalue weighted by Crippen LogP contribution is 2.17. The molecule has 3 aromatic carbocycles. The van der Waals surface area contributed by atoms with Crippen molar-refractivity contribution in [2.45, 2.75) is 6.04 Å². The molecule has 36 heavy (non-hydrogen) atoms. The minimum atomic E-state index is -0.450. The van der Waals surface area contributed by atoms with Crippen LogP contribution in [0.4, 0.5) is 0 Å². The third-order valence-electron chi connectivity index (χ3n) is 5.37. The second-order valence-electron chi connectivity index (χ2n) is 7.92. The van der Waals surface area contributed by atoms with Crippen molar-refractivity contribution in [2.24, 2.45) is 0 Å². The van der Waals surface area contributed by atoms with E-state index in [9.17, 15) is 9.59 Å². The van der Waals surface area contributed by atoms with Gasteiger partial charge in [-0.1, -0.05) is 54.6 Å². The van der Waals surface area contributed by atoms with Crippen LogP contribution in [0, 0.1) is 0 Å². The van der Waals surface area contributed by atoms with Crippen LogP contribution in [-0.4, -0.2) is 28.3 Å². The van der Waals surface area contributed by atoms with Gasteiger partial charge in [-0.3, -0.25) is 9.59 Å². The molecule has 0 saturated heterocycles. The number of para-hydroxylation sites is 4. The van der Waals surface area contributed by atoms with E-state index in [-0.39, 0.29) is 18.4 Å². The zero-order chi connectivity index (χ0) is 24.7. The Morgan fingerprint density at radius 3 is 1.83 bits per heavy atom. The number of aromatic nitrogens is 2. The maximum Gasteiger partial charge on any atom is 0.244 e. The molecule has 8 nitrogen and oxygen atoms in total. The normalized spacial score (nSPS) is 12.4. The van der Waals surface area contributed by atoms with Gasteiger partial charge in [0.15, 0.2) is 11.2 Å². The molecule has 0 radical (unpaired) electrons. The van der Waals surface area contributed by atoms with Gasteiger partial charge in [-0.25, -0.2) is 9.97 Å². The third kappa shape index (κ3) is 5.56. The second-order valence-corrected chi connectivity index (χ2v) is 7.92. The molecule has 2 N–H and O–H groups in total. The van der Waals surface area contributed by atoms with Gasteiger partial charge in [0.1, 0.15) is 11.0 Å². The number of nitrogens with one attached hydrogen (secondary N) is 2. The average Bonchev–Trinajstić information content (AvgIpc) is 3.52. The molecule has 178 valence electrons. The van der Waals surface area contributed by atoms with Gasteiger partial charge in [-0.2, -0.15) is 0 Å². The van der Waals surface area contributed by atoms with Gasteiger partial charge >= 0.3 is 0 Å². The van der Waals surface area contributed by atoms with Crippen molar-refractivity contribution >= 4 is 46.2 Å². The van der Waals surface area contributed by atoms with E-state index < -0.39 is 6.04 Å². The molecule has 5 rings (SSSR count). The molecule has 8 heteroatoms. The number of carbonyl (C=O) groups excluding carboxylic acids is 2. The van der Waals surface area contributed by atoms with Crippen LogP contribution in [0.1, 0.15) is 23.4 Å². The number of benzene rings is 3. The standard InChI is InChI=1S/C28H22N4O4/c33-25(14-16-27-31-20-10-4-6-12-23(20)35-27)29-18-22(19-8-2-1-3-9-19)30-26(34)15-17-28-32-21-11-5-7-13-24(21)36-28/h1-17,22H,18H2,(H,29,33)(H,30,34)/b16-14+,17-15+. The van der Waals surface area contributed by atoms with Gasteiger partial charge in [0.05, 0.1) is 6.04 Å². The quantitative estimate of drug-likeness (QED) is 0.314. The summed E-state index contributed by atoms with van der Waals surface area (Å²) in [5.41, 5.74) is 3.58. The summed E-state index contributed by atoms with van der Waals surface area (Å²) in [4.78, 5) is 33.7. The molecule has 0 fully saturated rings. The molecule has 0 saturated carbocycles. The Morgan fingerprint density at radius 1 is 0.722 bits per heavy atom. The molecule has 0 bridgehead atoms. The van der Waals surface area contributed by atoms with Crippen molar-refractivity contribution in [3.8, 4) is 0 Å². The van der Waals surface area contributed by atoms with E-state index in [1.54, 1.807) is 0 Å².